The van der Waals surface area contributed by atoms with Gasteiger partial charge in [0.1, 0.15) is 5.82 Å². The van der Waals surface area contributed by atoms with Gasteiger partial charge in [-0.05, 0) is 86.3 Å². The Bertz CT molecular complexity index is 1460. The normalized spacial score (nSPS) is 26.4. The van der Waals surface area contributed by atoms with E-state index < -0.39 is 0 Å². The summed E-state index contributed by atoms with van der Waals surface area (Å²) in [6.45, 7) is 16.2. The Kier molecular flexibility index (Phi) is 9.02. The highest BCUT2D eigenvalue weighted by atomic mass is 19.1. The van der Waals surface area contributed by atoms with Gasteiger partial charge >= 0.3 is 0 Å². The van der Waals surface area contributed by atoms with Crippen LogP contribution >= 0.6 is 0 Å². The van der Waals surface area contributed by atoms with Crippen molar-refractivity contribution in [1.29, 1.82) is 0 Å². The molecule has 1 saturated carbocycles. The number of halogens is 1. The van der Waals surface area contributed by atoms with Gasteiger partial charge in [-0.1, -0.05) is 46.2 Å². The van der Waals surface area contributed by atoms with Crippen LogP contribution in [0.15, 0.2) is 58.6 Å². The summed E-state index contributed by atoms with van der Waals surface area (Å²) in [6, 6.07) is 13.2. The third kappa shape index (κ3) is 6.86. The van der Waals surface area contributed by atoms with Crippen LogP contribution in [-0.4, -0.2) is 51.6 Å². The number of aliphatic imine (C=N–C) groups is 1. The molecule has 42 heavy (non-hydrogen) atoms. The van der Waals surface area contributed by atoms with Gasteiger partial charge in [-0.15, -0.1) is 0 Å². The van der Waals surface area contributed by atoms with Gasteiger partial charge in [-0.25, -0.2) is 14.4 Å². The van der Waals surface area contributed by atoms with Crippen molar-refractivity contribution in [1.82, 2.24) is 19.8 Å². The second kappa shape index (κ2) is 12.5. The number of nitrogens with zero attached hydrogens (tertiary/aromatic N) is 4. The minimum Gasteiger partial charge on any atom is -0.340 e. The van der Waals surface area contributed by atoms with Crippen molar-refractivity contribution >= 4 is 22.5 Å². The number of fused-ring (bicyclic) bond motifs is 1. The Hall–Kier alpha value is -3.26. The van der Waals surface area contributed by atoms with Crippen LogP contribution in [0, 0.1) is 23.1 Å². The van der Waals surface area contributed by atoms with Gasteiger partial charge in [0.25, 0.3) is 5.56 Å². The average Bonchev–Trinajstić information content (AvgIpc) is 2.93. The molecule has 1 aliphatic heterocycles. The van der Waals surface area contributed by atoms with E-state index in [9.17, 15) is 9.18 Å². The Labute approximate surface area is 249 Å². The van der Waals surface area contributed by atoms with Crippen LogP contribution in [0.25, 0.3) is 10.9 Å². The highest BCUT2D eigenvalue weighted by Crippen LogP contribution is 2.45. The van der Waals surface area contributed by atoms with Crippen molar-refractivity contribution in [2.75, 3.05) is 18.4 Å². The third-order valence-corrected chi connectivity index (χ3v) is 9.41. The lowest BCUT2D eigenvalue weighted by molar-refractivity contribution is 0.0824. The molecule has 226 valence electrons. The largest absolute Gasteiger partial charge is 0.340 e. The zero-order valence-corrected chi connectivity index (χ0v) is 26.0. The van der Waals surface area contributed by atoms with E-state index >= 15 is 0 Å². The molecule has 2 aliphatic rings. The summed E-state index contributed by atoms with van der Waals surface area (Å²) in [5, 5.41) is 7.88. The Morgan fingerprint density at radius 2 is 1.83 bits per heavy atom. The quantitative estimate of drug-likeness (QED) is 0.276. The van der Waals surface area contributed by atoms with E-state index in [0.29, 0.717) is 53.2 Å². The van der Waals surface area contributed by atoms with Crippen molar-refractivity contribution in [3.8, 4) is 0 Å². The average molecular weight is 575 g/mol. The summed E-state index contributed by atoms with van der Waals surface area (Å²) in [5.74, 6) is 1.81. The fraction of sp³-hybridized carbons (Fsp3) is 0.559. The van der Waals surface area contributed by atoms with Crippen molar-refractivity contribution in [2.45, 2.75) is 91.9 Å². The van der Waals surface area contributed by atoms with E-state index in [1.807, 2.05) is 18.2 Å². The molecule has 2 N–H and O–H groups in total. The first-order valence-electron chi connectivity index (χ1n) is 15.6. The molecule has 0 amide bonds. The molecule has 1 aliphatic carbocycles. The van der Waals surface area contributed by atoms with Crippen LogP contribution in [-0.2, 0) is 13.0 Å². The molecule has 5 rings (SSSR count). The van der Waals surface area contributed by atoms with Crippen LogP contribution < -0.4 is 16.2 Å². The maximum absolute atomic E-state index is 13.3. The number of rotatable bonds is 6. The van der Waals surface area contributed by atoms with E-state index in [0.717, 1.165) is 36.7 Å². The molecule has 0 spiro atoms. The van der Waals surface area contributed by atoms with Gasteiger partial charge in [0.2, 0.25) is 0 Å². The highest BCUT2D eigenvalue weighted by molar-refractivity contribution is 5.96. The van der Waals surface area contributed by atoms with Crippen LogP contribution in [0.2, 0.25) is 0 Å². The number of hydrogen-bond donors (Lipinski definition) is 2. The minimum absolute atomic E-state index is 0.0726. The summed E-state index contributed by atoms with van der Waals surface area (Å²) in [4.78, 5) is 25.7. The topological polar surface area (TPSA) is 74.5 Å². The number of piperazine rings is 1. The molecule has 2 fully saturated rings. The number of nitrogens with one attached hydrogen (secondary N) is 2. The standard InChI is InChI=1S/C34H47FN6O/c1-7-26-16-30(22(2)18-34(26,5)6)39-33(41-19-23(3)37-24(4)20-41)38-28-12-13-29-31(17-28)36-21-40(32(29)42)15-14-25-8-10-27(35)11-9-25/h8-13,17,21-24,26,30,37H,7,14-16,18-20H2,1-6H3,(H,38,39)/t22?,23-,24+,26-,30+/m1/s1. The summed E-state index contributed by atoms with van der Waals surface area (Å²) >= 11 is 0. The van der Waals surface area contributed by atoms with Crippen molar-refractivity contribution in [2.24, 2.45) is 22.2 Å². The number of anilines is 1. The van der Waals surface area contributed by atoms with Gasteiger partial charge in [-0.2, -0.15) is 0 Å². The molecule has 2 aromatic carbocycles. The Morgan fingerprint density at radius 3 is 2.52 bits per heavy atom. The predicted molar refractivity (Wildman–Crippen MR) is 171 cm³/mol. The molecular weight excluding hydrogens is 527 g/mol. The summed E-state index contributed by atoms with van der Waals surface area (Å²) in [6.07, 6.45) is 5.69. The first-order valence-corrected chi connectivity index (χ1v) is 15.6. The van der Waals surface area contributed by atoms with Crippen LogP contribution in [0.1, 0.15) is 66.4 Å². The Balaban J connectivity index is 1.40. The van der Waals surface area contributed by atoms with E-state index in [1.54, 1.807) is 23.0 Å². The van der Waals surface area contributed by atoms with Gasteiger partial charge in [0.15, 0.2) is 5.96 Å². The smallest absolute Gasteiger partial charge is 0.261 e. The van der Waals surface area contributed by atoms with Crippen LogP contribution in [0.4, 0.5) is 10.1 Å². The summed E-state index contributed by atoms with van der Waals surface area (Å²) < 4.78 is 14.9. The molecule has 3 aromatic rings. The number of hydrogen-bond acceptors (Lipinski definition) is 4. The van der Waals surface area contributed by atoms with Gasteiger partial charge in [-0.3, -0.25) is 9.36 Å². The van der Waals surface area contributed by atoms with E-state index in [2.05, 4.69) is 62.1 Å². The second-order valence-electron chi connectivity index (χ2n) is 13.4. The summed E-state index contributed by atoms with van der Waals surface area (Å²) in [5.41, 5.74) is 2.78. The number of benzene rings is 2. The van der Waals surface area contributed by atoms with Gasteiger partial charge in [0, 0.05) is 37.4 Å². The molecule has 8 heteroatoms. The van der Waals surface area contributed by atoms with E-state index in [1.165, 1.54) is 25.0 Å². The van der Waals surface area contributed by atoms with Crippen molar-refractivity contribution < 1.29 is 4.39 Å². The molecule has 1 aromatic heterocycles. The van der Waals surface area contributed by atoms with Crippen LogP contribution in [0.3, 0.4) is 0 Å². The van der Waals surface area contributed by atoms with E-state index in [-0.39, 0.29) is 17.4 Å². The Morgan fingerprint density at radius 1 is 1.12 bits per heavy atom. The monoisotopic (exact) mass is 574 g/mol. The molecule has 0 radical (unpaired) electrons. The van der Waals surface area contributed by atoms with Gasteiger partial charge in [0.05, 0.1) is 23.3 Å². The number of aromatic nitrogens is 2. The fourth-order valence-corrected chi connectivity index (χ4v) is 7.15. The van der Waals surface area contributed by atoms with Crippen LogP contribution in [0.5, 0.6) is 0 Å². The van der Waals surface area contributed by atoms with Crippen molar-refractivity contribution in [3.05, 3.63) is 70.5 Å². The molecule has 1 saturated heterocycles. The zero-order valence-electron chi connectivity index (χ0n) is 26.0. The molecule has 5 atom stereocenters. The maximum atomic E-state index is 13.3. The lowest BCUT2D eigenvalue weighted by Crippen LogP contribution is -2.57. The minimum atomic E-state index is -0.260. The zero-order chi connectivity index (χ0) is 30.0. The van der Waals surface area contributed by atoms with Crippen molar-refractivity contribution in [3.63, 3.8) is 0 Å². The molecular formula is C34H47FN6O. The number of guanidine groups is 1. The summed E-state index contributed by atoms with van der Waals surface area (Å²) in [7, 11) is 0. The predicted octanol–water partition coefficient (Wildman–Crippen LogP) is 6.08. The third-order valence-electron chi connectivity index (χ3n) is 9.41. The molecule has 0 bridgehead atoms. The first kappa shape index (κ1) is 30.2. The maximum Gasteiger partial charge on any atom is 0.261 e. The SMILES string of the molecule is CC[C@@H]1C[C@H](N=C(Nc2ccc3c(=O)n(CCc4ccc(F)cc4)cnc3c2)N2C[C@@H](C)N[C@@H](C)C2)C(C)CC1(C)C. The lowest BCUT2D eigenvalue weighted by Gasteiger charge is -2.45. The lowest BCUT2D eigenvalue weighted by atomic mass is 9.63. The number of aryl methyl sites for hydroxylation is 2. The molecule has 1 unspecified atom stereocenters. The molecule has 2 heterocycles. The first-order chi connectivity index (χ1) is 20.0. The fourth-order valence-electron chi connectivity index (χ4n) is 7.15. The second-order valence-corrected chi connectivity index (χ2v) is 13.4. The van der Waals surface area contributed by atoms with E-state index in [4.69, 9.17) is 4.99 Å². The molecule has 7 nitrogen and oxygen atoms in total. The van der Waals surface area contributed by atoms with Gasteiger partial charge < -0.3 is 15.5 Å². The highest BCUT2D eigenvalue weighted by Gasteiger charge is 2.39.